The van der Waals surface area contributed by atoms with Crippen LogP contribution in [0.25, 0.3) is 0 Å². The van der Waals surface area contributed by atoms with Crippen molar-refractivity contribution in [2.24, 2.45) is 0 Å². The maximum atomic E-state index is 10.6. The highest BCUT2D eigenvalue weighted by molar-refractivity contribution is 5.16. The van der Waals surface area contributed by atoms with Crippen molar-refractivity contribution in [2.45, 2.75) is 56.7 Å². The average molecular weight is 234 g/mol. The highest BCUT2D eigenvalue weighted by Crippen LogP contribution is 2.39. The van der Waals surface area contributed by atoms with Crippen LogP contribution in [0.5, 0.6) is 0 Å². The Balaban J connectivity index is 2.02. The number of aliphatic hydroxyl groups is 2. The molecule has 94 valence electrons. The fourth-order valence-electron chi connectivity index (χ4n) is 2.78. The van der Waals surface area contributed by atoms with Gasteiger partial charge in [-0.1, -0.05) is 43.2 Å². The lowest BCUT2D eigenvalue weighted by Crippen LogP contribution is -2.54. The van der Waals surface area contributed by atoms with Crippen LogP contribution in [-0.4, -0.2) is 21.4 Å². The van der Waals surface area contributed by atoms with Crippen LogP contribution in [-0.2, 0) is 6.42 Å². The number of hydrogen-bond acceptors (Lipinski definition) is 2. The van der Waals surface area contributed by atoms with Crippen molar-refractivity contribution >= 4 is 0 Å². The Labute approximate surface area is 103 Å². The standard InChI is InChI=1S/C15H22O2/c1-14(16)10-5-6-11-15(14,17)12-9-13-7-3-2-4-8-13/h2-4,7-8,16-17H,5-6,9-12H2,1H3/t14-,15+/m0/s1. The van der Waals surface area contributed by atoms with E-state index in [1.807, 2.05) is 18.2 Å². The summed E-state index contributed by atoms with van der Waals surface area (Å²) in [6.07, 6.45) is 4.92. The van der Waals surface area contributed by atoms with Crippen LogP contribution in [0.3, 0.4) is 0 Å². The van der Waals surface area contributed by atoms with Gasteiger partial charge in [-0.05, 0) is 38.2 Å². The summed E-state index contributed by atoms with van der Waals surface area (Å²) in [6.45, 7) is 1.77. The zero-order chi connectivity index (χ0) is 12.4. The Bertz CT molecular complexity index is 358. The van der Waals surface area contributed by atoms with Gasteiger partial charge in [0.1, 0.15) is 0 Å². The zero-order valence-corrected chi connectivity index (χ0v) is 10.5. The molecule has 0 saturated heterocycles. The number of benzene rings is 1. The molecule has 2 rings (SSSR count). The molecule has 2 atom stereocenters. The van der Waals surface area contributed by atoms with E-state index in [2.05, 4.69) is 12.1 Å². The molecule has 0 amide bonds. The molecule has 1 saturated carbocycles. The Morgan fingerprint density at radius 1 is 1.06 bits per heavy atom. The maximum absolute atomic E-state index is 10.6. The Hall–Kier alpha value is -0.860. The lowest BCUT2D eigenvalue weighted by atomic mass is 9.70. The first-order valence-corrected chi connectivity index (χ1v) is 6.52. The maximum Gasteiger partial charge on any atom is 0.0933 e. The molecule has 0 spiro atoms. The molecule has 0 aliphatic heterocycles. The molecule has 0 radical (unpaired) electrons. The van der Waals surface area contributed by atoms with Crippen LogP contribution in [0.2, 0.25) is 0 Å². The third-order valence-electron chi connectivity index (χ3n) is 4.18. The van der Waals surface area contributed by atoms with E-state index in [1.54, 1.807) is 6.92 Å². The first-order chi connectivity index (χ1) is 8.04. The molecule has 1 aliphatic carbocycles. The van der Waals surface area contributed by atoms with Gasteiger partial charge in [-0.2, -0.15) is 0 Å². The number of rotatable bonds is 3. The van der Waals surface area contributed by atoms with Crippen LogP contribution in [0, 0.1) is 0 Å². The van der Waals surface area contributed by atoms with Crippen molar-refractivity contribution in [2.75, 3.05) is 0 Å². The van der Waals surface area contributed by atoms with Gasteiger partial charge < -0.3 is 10.2 Å². The molecule has 0 unspecified atom stereocenters. The summed E-state index contributed by atoms with van der Waals surface area (Å²) in [6, 6.07) is 10.2. The number of hydrogen-bond donors (Lipinski definition) is 2. The second-order valence-corrected chi connectivity index (χ2v) is 5.50. The molecule has 0 heterocycles. The van der Waals surface area contributed by atoms with Crippen molar-refractivity contribution in [3.8, 4) is 0 Å². The van der Waals surface area contributed by atoms with Gasteiger partial charge in [-0.15, -0.1) is 0 Å². The van der Waals surface area contributed by atoms with Crippen LogP contribution < -0.4 is 0 Å². The van der Waals surface area contributed by atoms with Crippen LogP contribution in [0.15, 0.2) is 30.3 Å². The molecule has 0 aromatic heterocycles. The fraction of sp³-hybridized carbons (Fsp3) is 0.600. The van der Waals surface area contributed by atoms with Crippen molar-refractivity contribution < 1.29 is 10.2 Å². The SMILES string of the molecule is C[C@]1(O)CCCC[C@@]1(O)CCc1ccccc1. The summed E-state index contributed by atoms with van der Waals surface area (Å²) in [5.74, 6) is 0. The topological polar surface area (TPSA) is 40.5 Å². The lowest BCUT2D eigenvalue weighted by Gasteiger charge is -2.45. The Morgan fingerprint density at radius 3 is 2.35 bits per heavy atom. The minimum atomic E-state index is -0.931. The van der Waals surface area contributed by atoms with Gasteiger partial charge in [0.2, 0.25) is 0 Å². The van der Waals surface area contributed by atoms with E-state index in [0.29, 0.717) is 19.3 Å². The second-order valence-electron chi connectivity index (χ2n) is 5.50. The fourth-order valence-corrected chi connectivity index (χ4v) is 2.78. The molecule has 17 heavy (non-hydrogen) atoms. The van der Waals surface area contributed by atoms with Crippen molar-refractivity contribution in [1.82, 2.24) is 0 Å². The van der Waals surface area contributed by atoms with Crippen molar-refractivity contribution in [1.29, 1.82) is 0 Å². The molecule has 2 heteroatoms. The molecule has 1 fully saturated rings. The van der Waals surface area contributed by atoms with E-state index >= 15 is 0 Å². The van der Waals surface area contributed by atoms with Gasteiger partial charge in [-0.3, -0.25) is 0 Å². The largest absolute Gasteiger partial charge is 0.387 e. The van der Waals surface area contributed by atoms with Gasteiger partial charge in [0.15, 0.2) is 0 Å². The summed E-state index contributed by atoms with van der Waals surface area (Å²) in [5.41, 5.74) is -0.622. The molecule has 1 aliphatic rings. The smallest absolute Gasteiger partial charge is 0.0933 e. The molecular formula is C15H22O2. The van der Waals surface area contributed by atoms with E-state index in [1.165, 1.54) is 5.56 Å². The van der Waals surface area contributed by atoms with Gasteiger partial charge >= 0.3 is 0 Å². The van der Waals surface area contributed by atoms with Crippen molar-refractivity contribution in [3.63, 3.8) is 0 Å². The predicted octanol–water partition coefficient (Wildman–Crippen LogP) is 2.68. The third-order valence-corrected chi connectivity index (χ3v) is 4.18. The second kappa shape index (κ2) is 4.79. The molecule has 2 nitrogen and oxygen atoms in total. The molecule has 0 bridgehead atoms. The quantitative estimate of drug-likeness (QED) is 0.844. The van der Waals surface area contributed by atoms with E-state index in [-0.39, 0.29) is 0 Å². The average Bonchev–Trinajstić information content (AvgIpc) is 2.32. The predicted molar refractivity (Wildman–Crippen MR) is 68.8 cm³/mol. The van der Waals surface area contributed by atoms with E-state index in [4.69, 9.17) is 0 Å². The Morgan fingerprint density at radius 2 is 1.71 bits per heavy atom. The minimum absolute atomic E-state index is 0.643. The molecule has 1 aromatic rings. The first-order valence-electron chi connectivity index (χ1n) is 6.52. The summed E-state index contributed by atoms with van der Waals surface area (Å²) in [5, 5.41) is 20.9. The normalized spacial score (nSPS) is 33.6. The van der Waals surface area contributed by atoms with Gasteiger partial charge in [0.25, 0.3) is 0 Å². The monoisotopic (exact) mass is 234 g/mol. The lowest BCUT2D eigenvalue weighted by molar-refractivity contribution is -0.168. The van der Waals surface area contributed by atoms with Gasteiger partial charge in [0, 0.05) is 0 Å². The zero-order valence-electron chi connectivity index (χ0n) is 10.5. The molecular weight excluding hydrogens is 212 g/mol. The molecule has 1 aromatic carbocycles. The van der Waals surface area contributed by atoms with E-state index in [9.17, 15) is 10.2 Å². The van der Waals surface area contributed by atoms with Gasteiger partial charge in [0.05, 0.1) is 11.2 Å². The minimum Gasteiger partial charge on any atom is -0.387 e. The first kappa shape index (κ1) is 12.6. The summed E-state index contributed by atoms with van der Waals surface area (Å²) < 4.78 is 0. The Kier molecular flexibility index (Phi) is 3.55. The summed E-state index contributed by atoms with van der Waals surface area (Å²) >= 11 is 0. The van der Waals surface area contributed by atoms with Crippen molar-refractivity contribution in [3.05, 3.63) is 35.9 Å². The summed E-state index contributed by atoms with van der Waals surface area (Å²) in [4.78, 5) is 0. The van der Waals surface area contributed by atoms with E-state index < -0.39 is 11.2 Å². The van der Waals surface area contributed by atoms with Crippen LogP contribution in [0.4, 0.5) is 0 Å². The highest BCUT2D eigenvalue weighted by atomic mass is 16.4. The third kappa shape index (κ3) is 2.70. The summed E-state index contributed by atoms with van der Waals surface area (Å²) in [7, 11) is 0. The van der Waals surface area contributed by atoms with E-state index in [0.717, 1.165) is 19.3 Å². The highest BCUT2D eigenvalue weighted by Gasteiger charge is 2.46. The van der Waals surface area contributed by atoms with Crippen LogP contribution >= 0.6 is 0 Å². The van der Waals surface area contributed by atoms with Crippen LogP contribution in [0.1, 0.15) is 44.6 Å². The molecule has 2 N–H and O–H groups in total. The number of aryl methyl sites for hydroxylation is 1. The van der Waals surface area contributed by atoms with Gasteiger partial charge in [-0.25, -0.2) is 0 Å².